The minimum Gasteiger partial charge on any atom is -0.378 e. The molecule has 1 aliphatic rings. The molecule has 2 N–H and O–H groups in total. The average Bonchev–Trinajstić information content (AvgIpc) is 3.56. The molecule has 1 amide bonds. The van der Waals surface area contributed by atoms with Gasteiger partial charge in [-0.25, -0.2) is 4.98 Å². The molecule has 44 heavy (non-hydrogen) atoms. The van der Waals surface area contributed by atoms with E-state index in [0.717, 1.165) is 28.1 Å². The van der Waals surface area contributed by atoms with Crippen LogP contribution in [0.1, 0.15) is 61.2 Å². The molecule has 5 aromatic rings. The van der Waals surface area contributed by atoms with Gasteiger partial charge in [-0.1, -0.05) is 12.1 Å². The Morgan fingerprint density at radius 3 is 2.55 bits per heavy atom. The Labute approximate surface area is 255 Å². The summed E-state index contributed by atoms with van der Waals surface area (Å²) in [5.74, 6) is -0.0725. The lowest BCUT2D eigenvalue weighted by atomic mass is 10.1. The van der Waals surface area contributed by atoms with E-state index in [2.05, 4.69) is 32.7 Å². The molecule has 1 aliphatic carbocycles. The molecular formula is C33H28F3N5O2S. The third-order valence-corrected chi connectivity index (χ3v) is 8.70. The van der Waals surface area contributed by atoms with Gasteiger partial charge in [0.1, 0.15) is 0 Å². The Morgan fingerprint density at radius 2 is 1.82 bits per heavy atom. The Hall–Kier alpha value is -4.77. The van der Waals surface area contributed by atoms with Gasteiger partial charge in [0.25, 0.3) is 5.91 Å². The highest BCUT2D eigenvalue weighted by Gasteiger charge is 2.31. The van der Waals surface area contributed by atoms with E-state index in [1.54, 1.807) is 54.9 Å². The average molecular weight is 616 g/mol. The van der Waals surface area contributed by atoms with Gasteiger partial charge in [0.05, 0.1) is 29.7 Å². The molecule has 6 rings (SSSR count). The maximum absolute atomic E-state index is 13.6. The third-order valence-electron chi connectivity index (χ3n) is 7.41. The van der Waals surface area contributed by atoms with Crippen molar-refractivity contribution in [3.63, 3.8) is 0 Å². The monoisotopic (exact) mass is 615 g/mol. The van der Waals surface area contributed by atoms with Gasteiger partial charge in [-0.05, 0) is 80.6 Å². The van der Waals surface area contributed by atoms with E-state index in [1.165, 1.54) is 40.9 Å². The zero-order chi connectivity index (χ0) is 31.0. The summed E-state index contributed by atoms with van der Waals surface area (Å²) >= 11 is 1.72. The van der Waals surface area contributed by atoms with Crippen LogP contribution in [0.4, 0.5) is 24.5 Å². The van der Waals surface area contributed by atoms with Crippen LogP contribution in [0.25, 0.3) is 16.1 Å². The molecule has 0 bridgehead atoms. The summed E-state index contributed by atoms with van der Waals surface area (Å²) in [6, 6.07) is 14.4. The van der Waals surface area contributed by atoms with Crippen LogP contribution in [-0.4, -0.2) is 32.8 Å². The number of carbonyl (C=O) groups is 2. The molecule has 0 aliphatic heterocycles. The zero-order valence-corrected chi connectivity index (χ0v) is 24.7. The maximum atomic E-state index is 13.6. The molecule has 0 atom stereocenters. The number of halogens is 3. The van der Waals surface area contributed by atoms with Gasteiger partial charge >= 0.3 is 6.18 Å². The Bertz CT molecular complexity index is 1870. The van der Waals surface area contributed by atoms with Crippen molar-refractivity contribution in [2.45, 2.75) is 38.8 Å². The van der Waals surface area contributed by atoms with E-state index < -0.39 is 11.7 Å². The number of hydrogen-bond acceptors (Lipinski definition) is 6. The van der Waals surface area contributed by atoms with Crippen LogP contribution in [0.15, 0.2) is 79.5 Å². The van der Waals surface area contributed by atoms with Crippen molar-refractivity contribution in [3.8, 4) is 16.1 Å². The van der Waals surface area contributed by atoms with Crippen LogP contribution >= 0.6 is 11.3 Å². The van der Waals surface area contributed by atoms with Crippen LogP contribution in [0.2, 0.25) is 0 Å². The zero-order valence-electron chi connectivity index (χ0n) is 23.9. The number of rotatable bonds is 9. The van der Waals surface area contributed by atoms with Crippen LogP contribution in [0.5, 0.6) is 0 Å². The number of pyridine rings is 1. The molecule has 3 heterocycles. The van der Waals surface area contributed by atoms with Gasteiger partial charge in [-0.3, -0.25) is 14.6 Å². The maximum Gasteiger partial charge on any atom is 0.416 e. The highest BCUT2D eigenvalue weighted by atomic mass is 32.1. The normalized spacial score (nSPS) is 13.1. The number of thiophene rings is 1. The first-order valence-corrected chi connectivity index (χ1v) is 14.8. The predicted octanol–water partition coefficient (Wildman–Crippen LogP) is 8.06. The largest absolute Gasteiger partial charge is 0.416 e. The fourth-order valence-electron chi connectivity index (χ4n) is 4.79. The number of hydrogen-bond donors (Lipinski definition) is 2. The fourth-order valence-corrected chi connectivity index (χ4v) is 5.95. The first kappa shape index (κ1) is 29.3. The van der Waals surface area contributed by atoms with Crippen LogP contribution < -0.4 is 10.6 Å². The SMILES string of the molecule is Cc1cn(-c2cc(NCC(=O)c3ccc(C)c(NC(=O)c4cncc(-c5ccc(C6CC6)s5)c4)c3)cc(C(F)(F)F)c2)cn1. The van der Waals surface area contributed by atoms with E-state index in [9.17, 15) is 22.8 Å². The lowest BCUT2D eigenvalue weighted by Crippen LogP contribution is -2.17. The molecule has 1 saturated carbocycles. The molecule has 7 nitrogen and oxygen atoms in total. The number of nitrogens with zero attached hydrogens (tertiary/aromatic N) is 3. The van der Waals surface area contributed by atoms with E-state index in [0.29, 0.717) is 28.4 Å². The topological polar surface area (TPSA) is 88.9 Å². The number of alkyl halides is 3. The summed E-state index contributed by atoms with van der Waals surface area (Å²) in [4.78, 5) is 37.1. The fraction of sp³-hybridized carbons (Fsp3) is 0.212. The highest BCUT2D eigenvalue weighted by molar-refractivity contribution is 7.15. The lowest BCUT2D eigenvalue weighted by Gasteiger charge is -2.14. The number of anilines is 2. The van der Waals surface area contributed by atoms with Gasteiger partial charge < -0.3 is 15.2 Å². The predicted molar refractivity (Wildman–Crippen MR) is 165 cm³/mol. The summed E-state index contributed by atoms with van der Waals surface area (Å²) in [6.07, 6.45) is 4.14. The van der Waals surface area contributed by atoms with Crippen molar-refractivity contribution in [1.82, 2.24) is 14.5 Å². The summed E-state index contributed by atoms with van der Waals surface area (Å²) < 4.78 is 42.4. The first-order valence-electron chi connectivity index (χ1n) is 14.0. The highest BCUT2D eigenvalue weighted by Crippen LogP contribution is 2.45. The Balaban J connectivity index is 1.16. The molecule has 1 fully saturated rings. The quantitative estimate of drug-likeness (QED) is 0.164. The number of Topliss-reactive ketones (excluding diaryl/α,β-unsaturated/α-hetero) is 1. The summed E-state index contributed by atoms with van der Waals surface area (Å²) in [7, 11) is 0. The van der Waals surface area contributed by atoms with Crippen molar-refractivity contribution in [1.29, 1.82) is 0 Å². The van der Waals surface area contributed by atoms with E-state index >= 15 is 0 Å². The molecule has 11 heteroatoms. The second-order valence-electron chi connectivity index (χ2n) is 10.9. The standard InChI is InChI=1S/C33H28F3N5O2S/c1-19-3-4-22(29(42)16-38-26-11-25(33(34,35)36)12-27(13-26)41-17-20(2)39-18-41)10-28(19)40-32(43)24-9-23(14-37-15-24)31-8-7-30(44-31)21-5-6-21/h3-4,7-15,17-18,21,38H,5-6,16H2,1-2H3,(H,40,43). The molecule has 0 saturated heterocycles. The van der Waals surface area contributed by atoms with Crippen LogP contribution in [-0.2, 0) is 6.18 Å². The van der Waals surface area contributed by atoms with E-state index in [-0.39, 0.29) is 29.6 Å². The molecule has 224 valence electrons. The van der Waals surface area contributed by atoms with Crippen molar-refractivity contribution >= 4 is 34.4 Å². The van der Waals surface area contributed by atoms with E-state index in [4.69, 9.17) is 0 Å². The minimum absolute atomic E-state index is 0.137. The summed E-state index contributed by atoms with van der Waals surface area (Å²) in [5, 5.41) is 5.71. The number of benzene rings is 2. The number of ketones is 1. The van der Waals surface area contributed by atoms with Gasteiger partial charge in [-0.15, -0.1) is 11.3 Å². The molecule has 3 aromatic heterocycles. The van der Waals surface area contributed by atoms with Crippen molar-refractivity contribution in [3.05, 3.63) is 112 Å². The van der Waals surface area contributed by atoms with Gasteiger partial charge in [0.15, 0.2) is 5.78 Å². The van der Waals surface area contributed by atoms with Crippen LogP contribution in [0.3, 0.4) is 0 Å². The van der Waals surface area contributed by atoms with Gasteiger partial charge in [0, 0.05) is 56.5 Å². The number of carbonyl (C=O) groups excluding carboxylic acids is 2. The minimum atomic E-state index is -4.57. The Kier molecular flexibility index (Phi) is 7.81. The van der Waals surface area contributed by atoms with E-state index in [1.807, 2.05) is 6.92 Å². The smallest absolute Gasteiger partial charge is 0.378 e. The number of imidazole rings is 1. The molecule has 0 radical (unpaired) electrons. The number of aryl methyl sites for hydroxylation is 2. The molecule has 0 spiro atoms. The molecular weight excluding hydrogens is 587 g/mol. The van der Waals surface area contributed by atoms with Crippen molar-refractivity contribution in [2.75, 3.05) is 17.2 Å². The summed E-state index contributed by atoms with van der Waals surface area (Å²) in [6.45, 7) is 3.29. The third kappa shape index (κ3) is 6.57. The van der Waals surface area contributed by atoms with Gasteiger partial charge in [0.2, 0.25) is 0 Å². The van der Waals surface area contributed by atoms with Crippen molar-refractivity contribution in [2.24, 2.45) is 0 Å². The second kappa shape index (κ2) is 11.7. The number of nitrogens with one attached hydrogen (secondary N) is 2. The second-order valence-corrected chi connectivity index (χ2v) is 12.0. The van der Waals surface area contributed by atoms with Crippen molar-refractivity contribution < 1.29 is 22.8 Å². The lowest BCUT2D eigenvalue weighted by molar-refractivity contribution is -0.137. The summed E-state index contributed by atoms with van der Waals surface area (Å²) in [5.41, 5.74) is 2.95. The first-order chi connectivity index (χ1) is 21.0. The number of aromatic nitrogens is 3. The Morgan fingerprint density at radius 1 is 1.00 bits per heavy atom. The van der Waals surface area contributed by atoms with Gasteiger partial charge in [-0.2, -0.15) is 13.2 Å². The number of amides is 1. The molecule has 0 unspecified atom stereocenters. The van der Waals surface area contributed by atoms with Crippen LogP contribution in [0, 0.1) is 13.8 Å². The molecule has 2 aromatic carbocycles.